The molecule has 1 saturated carbocycles. The van der Waals surface area contributed by atoms with Crippen LogP contribution in [0.4, 0.5) is 0 Å². The van der Waals surface area contributed by atoms with Gasteiger partial charge in [0.2, 0.25) is 0 Å². The number of thiazole rings is 1. The Balaban J connectivity index is 0.000000220. The summed E-state index contributed by atoms with van der Waals surface area (Å²) in [5.41, 5.74) is 17.5. The summed E-state index contributed by atoms with van der Waals surface area (Å²) in [6, 6.07) is 28.8. The van der Waals surface area contributed by atoms with Crippen LogP contribution in [-0.2, 0) is 0 Å². The van der Waals surface area contributed by atoms with E-state index in [0.29, 0.717) is 40.7 Å². The largest absolute Gasteiger partial charge is 0.260 e. The Hall–Kier alpha value is -3.48. The predicted octanol–water partition coefficient (Wildman–Crippen LogP) is 21.6. The first kappa shape index (κ1) is 59.8. The van der Waals surface area contributed by atoms with Gasteiger partial charge in [0.05, 0.1) is 20.7 Å². The van der Waals surface area contributed by atoms with Crippen LogP contribution in [0.15, 0.2) is 103 Å². The summed E-state index contributed by atoms with van der Waals surface area (Å²) in [5, 5.41) is 3.84. The minimum absolute atomic E-state index is 0.501. The van der Waals surface area contributed by atoms with Gasteiger partial charge < -0.3 is 0 Å². The van der Waals surface area contributed by atoms with Gasteiger partial charge in [-0.05, 0) is 198 Å². The number of benzene rings is 4. The zero-order chi connectivity index (χ0) is 51.7. The number of aryl methyl sites for hydroxylation is 4. The summed E-state index contributed by atoms with van der Waals surface area (Å²) in [7, 11) is 0. The van der Waals surface area contributed by atoms with Crippen molar-refractivity contribution in [3.8, 4) is 0 Å². The molecule has 0 atom stereocenters. The molecule has 1 aliphatic rings. The molecule has 9 heteroatoms. The van der Waals surface area contributed by atoms with E-state index in [1.165, 1.54) is 73.2 Å². The second kappa shape index (κ2) is 29.1. The van der Waals surface area contributed by atoms with Gasteiger partial charge in [-0.15, -0.1) is 11.3 Å². The maximum Gasteiger partial charge on any atom is 0.129 e. The van der Waals surface area contributed by atoms with Crippen molar-refractivity contribution in [2.45, 2.75) is 165 Å². The normalized spacial score (nSPS) is 11.9. The third kappa shape index (κ3) is 20.3. The molecule has 3 nitrogen and oxygen atoms in total. The van der Waals surface area contributed by atoms with Crippen LogP contribution in [0, 0.1) is 27.7 Å². The van der Waals surface area contributed by atoms with Crippen LogP contribution in [0.5, 0.6) is 0 Å². The van der Waals surface area contributed by atoms with E-state index in [1.807, 2.05) is 61.1 Å². The van der Waals surface area contributed by atoms with E-state index in [0.717, 1.165) is 37.2 Å². The Morgan fingerprint density at radius 2 is 0.899 bits per heavy atom. The van der Waals surface area contributed by atoms with Gasteiger partial charge in [0.25, 0.3) is 0 Å². The number of pyridine rings is 2. The molecule has 372 valence electrons. The maximum absolute atomic E-state index is 5.99. The van der Waals surface area contributed by atoms with Gasteiger partial charge >= 0.3 is 0 Å². The van der Waals surface area contributed by atoms with Crippen molar-refractivity contribution in [1.82, 2.24) is 15.0 Å². The van der Waals surface area contributed by atoms with Gasteiger partial charge in [-0.1, -0.05) is 165 Å². The quantitative estimate of drug-likeness (QED) is 0.149. The van der Waals surface area contributed by atoms with Crippen LogP contribution in [0.25, 0.3) is 10.2 Å². The van der Waals surface area contributed by atoms with E-state index >= 15 is 0 Å². The van der Waals surface area contributed by atoms with Gasteiger partial charge in [-0.3, -0.25) is 4.98 Å². The lowest BCUT2D eigenvalue weighted by atomic mass is 9.94. The summed E-state index contributed by atoms with van der Waals surface area (Å²) in [5.74, 6) is 4.18. The molecule has 0 N–H and O–H groups in total. The van der Waals surface area contributed by atoms with E-state index < -0.39 is 0 Å². The fourth-order valence-electron chi connectivity index (χ4n) is 7.75. The zero-order valence-electron chi connectivity index (χ0n) is 43.9. The molecule has 0 bridgehead atoms. The van der Waals surface area contributed by atoms with E-state index in [2.05, 4.69) is 161 Å². The molecule has 4 aromatic carbocycles. The van der Waals surface area contributed by atoms with Gasteiger partial charge in [0.1, 0.15) is 5.15 Å². The second-order valence-corrected chi connectivity index (χ2v) is 22.8. The van der Waals surface area contributed by atoms with Crippen molar-refractivity contribution in [3.63, 3.8) is 0 Å². The minimum Gasteiger partial charge on any atom is -0.260 e. The average molecular weight is 1050 g/mol. The lowest BCUT2D eigenvalue weighted by molar-refractivity contribution is 0.842. The van der Waals surface area contributed by atoms with Crippen LogP contribution < -0.4 is 0 Å². The first-order valence-electron chi connectivity index (χ1n) is 24.3. The molecule has 3 aromatic heterocycles. The molecule has 3 heterocycles. The molecule has 1 fully saturated rings. The number of fused-ring (bicyclic) bond motifs is 1. The molecule has 1 aliphatic carbocycles. The maximum atomic E-state index is 5.99. The van der Waals surface area contributed by atoms with E-state index in [1.54, 1.807) is 17.5 Å². The molecule has 0 unspecified atom stereocenters. The number of hydrogen-bond acceptors (Lipinski definition) is 4. The Bertz CT molecular complexity index is 2440. The van der Waals surface area contributed by atoms with Gasteiger partial charge in [0.15, 0.2) is 0 Å². The number of aromatic nitrogens is 3. The number of halogens is 5. The van der Waals surface area contributed by atoms with Crippen LogP contribution >= 0.6 is 69.3 Å². The lowest BCUT2D eigenvalue weighted by Crippen LogP contribution is -1.94. The average Bonchev–Trinajstić information content (AvgIpc) is 4.03. The molecule has 0 aliphatic heterocycles. The SMILES string of the molecule is CC(C)c1cc(Cl)ccc1C1CC1.CC(C)c1ccc2ncsc2c1.Cc1ccc(Cl)cc1C(C)C.Cc1ccc(Cl)cc1C(C)C.Cc1cnc(Cl)cc1C(C)C.Cc1ncc(Cl)cc1C(C)C. The summed E-state index contributed by atoms with van der Waals surface area (Å²) < 4.78 is 1.29. The smallest absolute Gasteiger partial charge is 0.129 e. The number of rotatable bonds is 7. The fraction of sp³-hybridized carbons (Fsp3) is 0.417. The molecule has 0 saturated heterocycles. The molecule has 7 aromatic rings. The Morgan fingerprint density at radius 1 is 0.435 bits per heavy atom. The molecule has 0 spiro atoms. The first-order chi connectivity index (χ1) is 32.4. The molecule has 0 amide bonds. The molecule has 8 rings (SSSR count). The summed E-state index contributed by atoms with van der Waals surface area (Å²) in [4.78, 5) is 12.4. The molecular weight excluding hydrogens is 972 g/mol. The lowest BCUT2D eigenvalue weighted by Gasteiger charge is -2.12. The van der Waals surface area contributed by atoms with Crippen LogP contribution in [0.3, 0.4) is 0 Å². The number of hydrogen-bond donors (Lipinski definition) is 0. The Kier molecular flexibility index (Phi) is 25.3. The van der Waals surface area contributed by atoms with Gasteiger partial charge in [-0.2, -0.15) is 0 Å². The van der Waals surface area contributed by atoms with Gasteiger partial charge in [0, 0.05) is 33.2 Å². The van der Waals surface area contributed by atoms with Crippen molar-refractivity contribution in [2.24, 2.45) is 0 Å². The zero-order valence-corrected chi connectivity index (χ0v) is 48.5. The summed E-state index contributed by atoms with van der Waals surface area (Å²) in [6.07, 6.45) is 6.23. The molecule has 69 heavy (non-hydrogen) atoms. The van der Waals surface area contributed by atoms with Crippen molar-refractivity contribution >= 4 is 79.6 Å². The topological polar surface area (TPSA) is 38.7 Å². The van der Waals surface area contributed by atoms with E-state index in [-0.39, 0.29) is 0 Å². The molecule has 0 radical (unpaired) electrons. The highest BCUT2D eigenvalue weighted by atomic mass is 35.5. The van der Waals surface area contributed by atoms with E-state index in [4.69, 9.17) is 58.0 Å². The first-order valence-corrected chi connectivity index (χ1v) is 27.0. The van der Waals surface area contributed by atoms with Crippen LogP contribution in [0.2, 0.25) is 25.2 Å². The van der Waals surface area contributed by atoms with Crippen molar-refractivity contribution < 1.29 is 0 Å². The summed E-state index contributed by atoms with van der Waals surface area (Å²) in [6.45, 7) is 34.5. The van der Waals surface area contributed by atoms with Crippen LogP contribution in [-0.4, -0.2) is 15.0 Å². The standard InChI is InChI=1S/C12H15Cl.2C10H13Cl.C10H11NS.2C9H12ClN/c1-8(2)12-7-10(13)5-6-11(12)9-3-4-9;2*1-7(2)10-6-9(11)5-4-8(10)3;1-7(2)8-3-4-9-10(5-8)12-6-11-9;1-6(2)9-4-8(10)5-11-7(9)3;1-6(2)8-4-9(10)11-5-7(8)3/h5-9H,3-4H2,1-2H3;2*4-7H,1-3H3;3-7H,1-2H3;2*4-6H,1-3H3. The highest BCUT2D eigenvalue weighted by molar-refractivity contribution is 7.16. The highest BCUT2D eigenvalue weighted by Crippen LogP contribution is 2.44. The monoisotopic (exact) mass is 1050 g/mol. The Labute approximate surface area is 445 Å². The fourth-order valence-corrected chi connectivity index (χ4v) is 9.35. The van der Waals surface area contributed by atoms with Crippen molar-refractivity contribution in [2.75, 3.05) is 0 Å². The molecular formula is C60H76Cl5N3S. The van der Waals surface area contributed by atoms with Crippen LogP contribution in [0.1, 0.15) is 199 Å². The Morgan fingerprint density at radius 3 is 1.33 bits per heavy atom. The summed E-state index contributed by atoms with van der Waals surface area (Å²) >= 11 is 31.0. The highest BCUT2D eigenvalue weighted by Gasteiger charge is 2.26. The minimum atomic E-state index is 0.501. The van der Waals surface area contributed by atoms with E-state index in [9.17, 15) is 0 Å². The third-order valence-electron chi connectivity index (χ3n) is 11.9. The predicted molar refractivity (Wildman–Crippen MR) is 308 cm³/mol. The van der Waals surface area contributed by atoms with Crippen molar-refractivity contribution in [3.05, 3.63) is 189 Å². The number of nitrogens with zero attached hydrogens (tertiary/aromatic N) is 3. The van der Waals surface area contributed by atoms with Crippen molar-refractivity contribution in [1.29, 1.82) is 0 Å². The van der Waals surface area contributed by atoms with Gasteiger partial charge in [-0.25, -0.2) is 9.97 Å². The third-order valence-corrected chi connectivity index (χ3v) is 13.8. The second-order valence-electron chi connectivity index (χ2n) is 19.7.